The van der Waals surface area contributed by atoms with Gasteiger partial charge in [-0.05, 0) is 183 Å². The van der Waals surface area contributed by atoms with Crippen LogP contribution in [-0.4, -0.2) is 221 Å². The van der Waals surface area contributed by atoms with Gasteiger partial charge in [0, 0.05) is 131 Å². The number of rotatable bonds is 37. The van der Waals surface area contributed by atoms with Crippen molar-refractivity contribution in [2.45, 2.75) is 167 Å². The first-order valence-electron chi connectivity index (χ1n) is 40.5. The Morgan fingerprint density at radius 1 is 0.754 bits per heavy atom. The number of benzene rings is 3. The predicted octanol–water partition coefficient (Wildman–Crippen LogP) is 9.59. The van der Waals surface area contributed by atoms with Gasteiger partial charge in [0.1, 0.15) is 49.0 Å². The van der Waals surface area contributed by atoms with Crippen LogP contribution in [0.1, 0.15) is 146 Å². The number of aryl methyl sites for hydroxylation is 1. The normalized spacial score (nSPS) is 19.6. The number of carbonyl (C=O) groups is 7. The van der Waals surface area contributed by atoms with Crippen LogP contribution >= 0.6 is 11.3 Å². The molecule has 606 valence electrons. The summed E-state index contributed by atoms with van der Waals surface area (Å²) >= 11 is 1.61. The van der Waals surface area contributed by atoms with Crippen LogP contribution in [-0.2, 0) is 40.2 Å². The number of nitrogens with one attached hydrogen (secondary N) is 4. The van der Waals surface area contributed by atoms with Crippen molar-refractivity contribution in [1.82, 2.24) is 65.8 Å². The Morgan fingerprint density at radius 2 is 1.51 bits per heavy atom. The molecule has 5 fully saturated rings. The number of nitrogens with zero attached hydrogens (tertiary/aromatic N) is 12. The number of piperazine rings is 2. The average Bonchev–Trinajstić information content (AvgIpc) is 1.40. The largest absolute Gasteiger partial charge is 0.488 e. The molecular formula is C85H109N17O11S. The van der Waals surface area contributed by atoms with E-state index in [2.05, 4.69) is 102 Å². The van der Waals surface area contributed by atoms with Gasteiger partial charge in [0.15, 0.2) is 11.6 Å². The maximum absolute atomic E-state index is 14.4. The Bertz CT molecular complexity index is 4500. The van der Waals surface area contributed by atoms with Gasteiger partial charge in [-0.1, -0.05) is 68.8 Å². The Labute approximate surface area is 671 Å². The maximum Gasteiger partial charge on any atom is 0.254 e. The van der Waals surface area contributed by atoms with Crippen LogP contribution in [0.25, 0.3) is 21.7 Å². The zero-order valence-corrected chi connectivity index (χ0v) is 67.4. The lowest BCUT2D eigenvalue weighted by Crippen LogP contribution is -2.58. The molecule has 3 unspecified atom stereocenters. The number of unbranched alkanes of at least 4 members (excludes halogenated alkanes) is 3. The van der Waals surface area contributed by atoms with Crippen molar-refractivity contribution in [1.29, 1.82) is 0 Å². The number of hydrogen-bond donors (Lipinski definition) is 5. The number of ether oxygens (including phenoxy) is 3. The highest BCUT2D eigenvalue weighted by atomic mass is 32.1. The zero-order valence-electron chi connectivity index (χ0n) is 66.6. The van der Waals surface area contributed by atoms with E-state index in [9.17, 15) is 33.6 Å². The van der Waals surface area contributed by atoms with E-state index in [0.29, 0.717) is 138 Å². The molecule has 1 aliphatic carbocycles. The van der Waals surface area contributed by atoms with Crippen molar-refractivity contribution in [3.8, 4) is 39.2 Å². The van der Waals surface area contributed by atoms with Gasteiger partial charge >= 0.3 is 0 Å². The quantitative estimate of drug-likeness (QED) is 0.0137. The number of pyridine rings is 1. The maximum atomic E-state index is 14.4. The third-order valence-corrected chi connectivity index (χ3v) is 24.2. The molecule has 4 aromatic heterocycles. The molecule has 5 aliphatic heterocycles. The number of fused-ring (bicyclic) bond motifs is 2. The minimum Gasteiger partial charge on any atom is -0.488 e. The molecule has 114 heavy (non-hydrogen) atoms. The topological polar surface area (TPSA) is 322 Å². The van der Waals surface area contributed by atoms with Gasteiger partial charge in [0.05, 0.1) is 33.5 Å². The number of nitrogens with two attached hydrogens (primary N) is 1. The molecule has 28 nitrogen and oxygen atoms in total. The van der Waals surface area contributed by atoms with E-state index in [1.165, 1.54) is 17.1 Å². The third kappa shape index (κ3) is 19.7. The Hall–Kier alpha value is -10.4. The van der Waals surface area contributed by atoms with Crippen molar-refractivity contribution < 1.29 is 52.3 Å². The summed E-state index contributed by atoms with van der Waals surface area (Å²) in [6, 6.07) is 30.2. The van der Waals surface area contributed by atoms with Gasteiger partial charge in [-0.3, -0.25) is 48.3 Å². The lowest BCUT2D eigenvalue weighted by atomic mass is 9.67. The summed E-state index contributed by atoms with van der Waals surface area (Å²) < 4.78 is 24.9. The fourth-order valence-electron chi connectivity index (χ4n) is 16.6. The van der Waals surface area contributed by atoms with E-state index in [0.717, 1.165) is 116 Å². The van der Waals surface area contributed by atoms with Crippen LogP contribution in [0.2, 0.25) is 0 Å². The summed E-state index contributed by atoms with van der Waals surface area (Å²) in [5.74, 6) is -0.542. The van der Waals surface area contributed by atoms with Crippen LogP contribution in [0.15, 0.2) is 125 Å². The van der Waals surface area contributed by atoms with Crippen molar-refractivity contribution in [2.75, 3.05) is 120 Å². The number of likely N-dealkylation sites (tertiary alicyclic amines) is 1. The molecule has 1 saturated carbocycles. The molecule has 9 heterocycles. The van der Waals surface area contributed by atoms with E-state index >= 15 is 0 Å². The molecule has 6 N–H and O–H groups in total. The second-order valence-electron chi connectivity index (χ2n) is 31.7. The molecule has 0 spiro atoms. The van der Waals surface area contributed by atoms with Crippen molar-refractivity contribution >= 4 is 75.6 Å². The fourth-order valence-corrected chi connectivity index (χ4v) is 17.4. The highest BCUT2D eigenvalue weighted by molar-refractivity contribution is 7.13. The van der Waals surface area contributed by atoms with E-state index in [1.54, 1.807) is 22.3 Å². The number of anilines is 4. The second kappa shape index (κ2) is 37.7. The number of nitrogen functional groups attached to an aromatic ring is 1. The number of hydrogen-bond acceptors (Lipinski definition) is 23. The molecule has 4 saturated heterocycles. The lowest BCUT2D eigenvalue weighted by molar-refractivity contribution is -0.151. The number of aromatic nitrogens is 5. The summed E-state index contributed by atoms with van der Waals surface area (Å²) in [4.78, 5) is 119. The van der Waals surface area contributed by atoms with Gasteiger partial charge < -0.3 is 65.3 Å². The monoisotopic (exact) mass is 1580 g/mol. The zero-order chi connectivity index (χ0) is 80.0. The second-order valence-corrected chi connectivity index (χ2v) is 32.6. The van der Waals surface area contributed by atoms with Crippen molar-refractivity contribution in [3.05, 3.63) is 144 Å². The third-order valence-electron chi connectivity index (χ3n) is 23.2. The minimum atomic E-state index is -1.26. The highest BCUT2D eigenvalue weighted by Gasteiger charge is 2.52. The van der Waals surface area contributed by atoms with Gasteiger partial charge in [-0.2, -0.15) is 0 Å². The smallest absolute Gasteiger partial charge is 0.254 e. The van der Waals surface area contributed by atoms with Crippen LogP contribution in [0, 0.1) is 18.3 Å². The number of thiazole rings is 1. The Morgan fingerprint density at radius 3 is 2.23 bits per heavy atom. The number of para-hydroxylation sites is 1. The summed E-state index contributed by atoms with van der Waals surface area (Å²) in [5, 5.41) is 25.4. The number of amides is 7. The molecule has 3 aromatic carbocycles. The van der Waals surface area contributed by atoms with Gasteiger partial charge in [-0.15, -0.1) is 21.5 Å². The first-order chi connectivity index (χ1) is 55.2. The Balaban J connectivity index is 0.539. The average molecular weight is 1580 g/mol. The van der Waals surface area contributed by atoms with Gasteiger partial charge in [0.25, 0.3) is 17.7 Å². The van der Waals surface area contributed by atoms with Crippen molar-refractivity contribution in [2.24, 2.45) is 11.3 Å². The Kier molecular flexibility index (Phi) is 27.0. The van der Waals surface area contributed by atoms with Crippen LogP contribution in [0.4, 0.5) is 22.9 Å². The van der Waals surface area contributed by atoms with Crippen LogP contribution < -0.4 is 51.0 Å². The molecule has 7 amide bonds. The molecular weight excluding hydrogens is 1470 g/mol. The standard InChI is InChI=1S/C85H109N17O11S/c1-55(2)77(82(107)100-40-15-19-69(100)81(106)90-57(4)60-23-25-61(26-24-60)78-58(5)89-54-114-78)72-49-74(95-113-72)111-45-43-97-41-42-98(56(3)50-97)44-46-110-73-47-63(33-37-87-73)102-64-29-30-65(102)52-99(51-64)70-48-68(93-94-79(70)86)66-17-9-10-20-71(66)112-53-59-21-27-62(28-22-59)91-80(105)67(18-11-14-38-96(6)7)92-84(109)85(34-16-35-85)83(108)88-36-12-8-13-39-101-75(103)31-32-76(101)104/h9-10,17,20-28,31-33,37,47-49,54-57,64-65,67,69,77H,8,11-16,18-19,29-30,34-36,38-46,50-53H2,1-7H3,(H2,86,94)(H,88,108)(H,90,106)(H,91,105)(H,92,109)/t56-,57+,64?,65?,67+,69+,77?/m1/s1. The molecule has 6 aliphatic rings. The molecule has 7 atom stereocenters. The molecule has 0 radical (unpaired) electrons. The molecule has 29 heteroatoms. The first-order valence-corrected chi connectivity index (χ1v) is 41.4. The number of imide groups is 1. The highest BCUT2D eigenvalue weighted by Crippen LogP contribution is 2.43. The number of carbonyl (C=O) groups excluding carboxylic acids is 7. The van der Waals surface area contributed by atoms with E-state index in [-0.39, 0.29) is 72.1 Å². The lowest BCUT2D eigenvalue weighted by Gasteiger charge is -2.43. The van der Waals surface area contributed by atoms with E-state index in [4.69, 9.17) is 24.5 Å². The fraction of sp³-hybridized carbons (Fsp3) is 0.506. The SMILES string of the molecule is Cc1ncsc1-c1ccc([C@H](C)NC(=O)[C@@H]2CCCN2C(=O)C(c2cc(OCCN3CCN(CCOc4cc(N5C6CCC5CN(c5cc(-c7ccccc7OCc7ccc(NC(=O)[C@H](CCCCN(C)C)NC(=O)C8(C(=O)NCCCCCN9C(=O)C=CC9=O)CCC8)cc7)nnc5N)C6)ccn4)[C@H](C)C3)no2)C(C)C)cc1. The van der Waals surface area contributed by atoms with E-state index < -0.39 is 29.3 Å². The summed E-state index contributed by atoms with van der Waals surface area (Å²) in [5.41, 5.74) is 15.0. The molecule has 13 rings (SSSR count). The summed E-state index contributed by atoms with van der Waals surface area (Å²) in [6.07, 6.45) is 13.0. The van der Waals surface area contributed by atoms with E-state index in [1.807, 2.05) is 120 Å². The predicted molar refractivity (Wildman–Crippen MR) is 436 cm³/mol. The molecule has 7 aromatic rings. The van der Waals surface area contributed by atoms with Gasteiger partial charge in [-0.25, -0.2) is 9.97 Å². The van der Waals surface area contributed by atoms with Gasteiger partial charge in [0.2, 0.25) is 35.4 Å². The minimum absolute atomic E-state index is 0.115. The van der Waals surface area contributed by atoms with Crippen LogP contribution in [0.3, 0.4) is 0 Å². The summed E-state index contributed by atoms with van der Waals surface area (Å²) in [6.45, 7) is 18.8. The first kappa shape index (κ1) is 81.6. The van der Waals surface area contributed by atoms with Crippen molar-refractivity contribution in [3.63, 3.8) is 0 Å². The van der Waals surface area contributed by atoms with Crippen LogP contribution in [0.5, 0.6) is 17.5 Å². The summed E-state index contributed by atoms with van der Waals surface area (Å²) in [7, 11) is 3.98. The molecule has 2 bridgehead atoms.